The van der Waals surface area contributed by atoms with Crippen molar-refractivity contribution in [1.82, 2.24) is 4.98 Å². The summed E-state index contributed by atoms with van der Waals surface area (Å²) in [5.41, 5.74) is 2.61. The van der Waals surface area contributed by atoms with Crippen molar-refractivity contribution in [1.29, 1.82) is 0 Å². The van der Waals surface area contributed by atoms with Gasteiger partial charge in [-0.1, -0.05) is 29.5 Å². The molecular weight excluding hydrogens is 416 g/mol. The number of ether oxygens (including phenoxy) is 2. The summed E-state index contributed by atoms with van der Waals surface area (Å²) in [4.78, 5) is 18.6. The van der Waals surface area contributed by atoms with Crippen LogP contribution in [0.25, 0.3) is 10.2 Å². The molecule has 1 amide bonds. The fourth-order valence-electron chi connectivity index (χ4n) is 3.00. The van der Waals surface area contributed by atoms with Crippen LogP contribution in [0.4, 0.5) is 5.13 Å². The minimum atomic E-state index is -0.153. The number of rotatable bonds is 9. The normalized spacial score (nSPS) is 11.0. The van der Waals surface area contributed by atoms with Crippen LogP contribution in [0.5, 0.6) is 5.75 Å². The fourth-order valence-corrected chi connectivity index (χ4v) is 4.60. The Morgan fingerprint density at radius 1 is 1.10 bits per heavy atom. The maximum Gasteiger partial charge on any atom is 0.257 e. The van der Waals surface area contributed by atoms with Crippen LogP contribution in [0, 0.1) is 0 Å². The van der Waals surface area contributed by atoms with Gasteiger partial charge in [0.1, 0.15) is 5.75 Å². The Labute approximate surface area is 183 Å². The number of thiophene rings is 1. The smallest absolute Gasteiger partial charge is 0.257 e. The molecule has 7 heteroatoms. The van der Waals surface area contributed by atoms with Gasteiger partial charge in [0.15, 0.2) is 11.9 Å². The molecule has 0 atom stereocenters. The third-order valence-corrected chi connectivity index (χ3v) is 6.39. The average Bonchev–Trinajstić information content (AvgIpc) is 3.41. The van der Waals surface area contributed by atoms with Crippen molar-refractivity contribution >= 4 is 43.9 Å². The zero-order chi connectivity index (χ0) is 20.8. The van der Waals surface area contributed by atoms with E-state index in [1.165, 1.54) is 16.2 Å². The zero-order valence-corrected chi connectivity index (χ0v) is 18.2. The summed E-state index contributed by atoms with van der Waals surface area (Å²) in [7, 11) is 0. The summed E-state index contributed by atoms with van der Waals surface area (Å²) in [5.74, 6) is 0.566. The highest BCUT2D eigenvalue weighted by atomic mass is 32.1. The van der Waals surface area contributed by atoms with E-state index in [1.54, 1.807) is 11.3 Å². The fraction of sp³-hybridized carbons (Fsp3) is 0.217. The van der Waals surface area contributed by atoms with Crippen LogP contribution in [-0.2, 0) is 17.6 Å². The molecule has 154 valence electrons. The van der Waals surface area contributed by atoms with Gasteiger partial charge in [0.2, 0.25) is 0 Å². The summed E-state index contributed by atoms with van der Waals surface area (Å²) >= 11 is 3.18. The van der Waals surface area contributed by atoms with Gasteiger partial charge in [0, 0.05) is 17.0 Å². The van der Waals surface area contributed by atoms with Gasteiger partial charge in [-0.25, -0.2) is 4.98 Å². The molecule has 1 N–H and O–H groups in total. The Morgan fingerprint density at radius 3 is 2.87 bits per heavy atom. The molecule has 0 bridgehead atoms. The van der Waals surface area contributed by atoms with Crippen LogP contribution in [-0.4, -0.2) is 24.3 Å². The minimum Gasteiger partial charge on any atom is -0.468 e. The lowest BCUT2D eigenvalue weighted by molar-refractivity contribution is 0.0225. The van der Waals surface area contributed by atoms with Crippen LogP contribution in [0.2, 0.25) is 0 Å². The SMILES string of the molecule is CCOCOc1ccc2nc(NC(=O)c3cccc(CCc4cccs4)c3)sc2c1. The number of nitrogens with one attached hydrogen (secondary N) is 1. The van der Waals surface area contributed by atoms with Gasteiger partial charge >= 0.3 is 0 Å². The third kappa shape index (κ3) is 5.24. The molecule has 0 spiro atoms. The lowest BCUT2D eigenvalue weighted by Gasteiger charge is -2.05. The molecule has 2 heterocycles. The molecule has 0 saturated carbocycles. The largest absolute Gasteiger partial charge is 0.468 e. The van der Waals surface area contributed by atoms with E-state index in [9.17, 15) is 4.79 Å². The number of aryl methyl sites for hydroxylation is 2. The van der Waals surface area contributed by atoms with Gasteiger partial charge in [0.05, 0.1) is 10.2 Å². The molecule has 0 saturated heterocycles. The summed E-state index contributed by atoms with van der Waals surface area (Å²) < 4.78 is 11.7. The number of thiazole rings is 1. The van der Waals surface area contributed by atoms with Gasteiger partial charge in [-0.2, -0.15) is 0 Å². The maximum atomic E-state index is 12.7. The first-order chi connectivity index (χ1) is 14.7. The predicted molar refractivity (Wildman–Crippen MR) is 123 cm³/mol. The molecule has 4 aromatic rings. The molecule has 5 nitrogen and oxygen atoms in total. The van der Waals surface area contributed by atoms with Crippen molar-refractivity contribution in [3.05, 3.63) is 76.0 Å². The molecule has 0 fully saturated rings. The number of benzene rings is 2. The Balaban J connectivity index is 1.41. The Kier molecular flexibility index (Phi) is 6.74. The monoisotopic (exact) mass is 438 g/mol. The number of hydrogen-bond donors (Lipinski definition) is 1. The average molecular weight is 439 g/mol. The molecule has 0 aliphatic heterocycles. The first-order valence-electron chi connectivity index (χ1n) is 9.75. The number of nitrogens with zero attached hydrogens (tertiary/aromatic N) is 1. The highest BCUT2D eigenvalue weighted by Gasteiger charge is 2.11. The van der Waals surface area contributed by atoms with E-state index in [2.05, 4.69) is 33.9 Å². The van der Waals surface area contributed by atoms with E-state index in [0.29, 0.717) is 17.3 Å². The number of carbonyl (C=O) groups excluding carboxylic acids is 1. The summed E-state index contributed by atoms with van der Waals surface area (Å²) in [6.45, 7) is 2.74. The highest BCUT2D eigenvalue weighted by Crippen LogP contribution is 2.29. The van der Waals surface area contributed by atoms with Gasteiger partial charge < -0.3 is 9.47 Å². The van der Waals surface area contributed by atoms with Crippen molar-refractivity contribution in [2.24, 2.45) is 0 Å². The molecule has 4 rings (SSSR count). The van der Waals surface area contributed by atoms with Crippen LogP contribution in [0.3, 0.4) is 0 Å². The molecule has 2 aromatic carbocycles. The predicted octanol–water partition coefficient (Wildman–Crippen LogP) is 5.77. The van der Waals surface area contributed by atoms with Gasteiger partial charge in [-0.05, 0) is 67.1 Å². The molecule has 0 radical (unpaired) electrons. The quantitative estimate of drug-likeness (QED) is 0.266. The topological polar surface area (TPSA) is 60.5 Å². The Morgan fingerprint density at radius 2 is 2.03 bits per heavy atom. The van der Waals surface area contributed by atoms with Crippen LogP contribution in [0.15, 0.2) is 60.0 Å². The van der Waals surface area contributed by atoms with Gasteiger partial charge in [-0.15, -0.1) is 11.3 Å². The number of fused-ring (bicyclic) bond motifs is 1. The molecular formula is C23H22N2O3S2. The van der Waals surface area contributed by atoms with Gasteiger partial charge in [-0.3, -0.25) is 10.1 Å². The number of hydrogen-bond acceptors (Lipinski definition) is 6. The molecule has 2 aromatic heterocycles. The van der Waals surface area contributed by atoms with Crippen LogP contribution in [0.1, 0.15) is 27.7 Å². The van der Waals surface area contributed by atoms with Gasteiger partial charge in [0.25, 0.3) is 5.91 Å². The summed E-state index contributed by atoms with van der Waals surface area (Å²) in [6, 6.07) is 17.6. The standard InChI is InChI=1S/C23H22N2O3S2/c1-2-27-15-28-18-9-11-20-21(14-18)30-23(24-20)25-22(26)17-6-3-5-16(13-17)8-10-19-7-4-12-29-19/h3-7,9,11-14H,2,8,10,15H2,1H3,(H,24,25,26). The van der Waals surface area contributed by atoms with E-state index in [-0.39, 0.29) is 12.7 Å². The van der Waals surface area contributed by atoms with E-state index < -0.39 is 0 Å². The summed E-state index contributed by atoms with van der Waals surface area (Å²) in [6.07, 6.45) is 1.89. The Bertz CT molecular complexity index is 1120. The first kappa shape index (κ1) is 20.5. The minimum absolute atomic E-state index is 0.153. The van der Waals surface area contributed by atoms with E-state index in [0.717, 1.165) is 34.4 Å². The van der Waals surface area contributed by atoms with E-state index >= 15 is 0 Å². The van der Waals surface area contributed by atoms with Crippen LogP contribution >= 0.6 is 22.7 Å². The molecule has 30 heavy (non-hydrogen) atoms. The lowest BCUT2D eigenvalue weighted by Crippen LogP contribution is -2.12. The lowest BCUT2D eigenvalue weighted by atomic mass is 10.1. The zero-order valence-electron chi connectivity index (χ0n) is 16.6. The van der Waals surface area contributed by atoms with Crippen molar-refractivity contribution in [2.75, 3.05) is 18.7 Å². The van der Waals surface area contributed by atoms with Crippen molar-refractivity contribution < 1.29 is 14.3 Å². The number of aromatic nitrogens is 1. The number of carbonyl (C=O) groups is 1. The molecule has 0 aliphatic rings. The van der Waals surface area contributed by atoms with Crippen molar-refractivity contribution in [3.63, 3.8) is 0 Å². The summed E-state index contributed by atoms with van der Waals surface area (Å²) in [5, 5.41) is 5.58. The molecule has 0 aliphatic carbocycles. The van der Waals surface area contributed by atoms with Crippen molar-refractivity contribution in [2.45, 2.75) is 19.8 Å². The third-order valence-electron chi connectivity index (χ3n) is 4.52. The second kappa shape index (κ2) is 9.84. The number of anilines is 1. The second-order valence-electron chi connectivity index (χ2n) is 6.64. The maximum absolute atomic E-state index is 12.7. The first-order valence-corrected chi connectivity index (χ1v) is 11.4. The second-order valence-corrected chi connectivity index (χ2v) is 8.70. The Hall–Kier alpha value is -2.74. The number of amides is 1. The van der Waals surface area contributed by atoms with E-state index in [1.807, 2.05) is 43.3 Å². The highest BCUT2D eigenvalue weighted by molar-refractivity contribution is 7.22. The molecule has 0 unspecified atom stereocenters. The van der Waals surface area contributed by atoms with Crippen molar-refractivity contribution in [3.8, 4) is 5.75 Å². The van der Waals surface area contributed by atoms with E-state index in [4.69, 9.17) is 9.47 Å². The van der Waals surface area contributed by atoms with Crippen LogP contribution < -0.4 is 10.1 Å².